The van der Waals surface area contributed by atoms with E-state index in [9.17, 15) is 4.79 Å². The lowest BCUT2D eigenvalue weighted by Crippen LogP contribution is -2.39. The molecule has 0 radical (unpaired) electrons. The number of ether oxygens (including phenoxy) is 3. The minimum atomic E-state index is -0.0499. The number of piperidine rings is 1. The van der Waals surface area contributed by atoms with Crippen molar-refractivity contribution in [2.45, 2.75) is 18.9 Å². The number of benzene rings is 2. The topological polar surface area (TPSA) is 78.7 Å². The molecule has 0 atom stereocenters. The third-order valence-corrected chi connectivity index (χ3v) is 5.39. The third-order valence-electron chi connectivity index (χ3n) is 5.39. The second kappa shape index (κ2) is 7.98. The molecule has 8 heteroatoms. The minimum absolute atomic E-state index is 0.0499. The van der Waals surface area contributed by atoms with Crippen molar-refractivity contribution in [2.24, 2.45) is 0 Å². The summed E-state index contributed by atoms with van der Waals surface area (Å²) in [6.45, 7) is 1.29. The van der Waals surface area contributed by atoms with Crippen molar-refractivity contribution in [3.63, 3.8) is 0 Å². The second-order valence-electron chi connectivity index (χ2n) is 6.96. The fourth-order valence-electron chi connectivity index (χ4n) is 3.86. The zero-order chi connectivity index (χ0) is 20.4. The monoisotopic (exact) mass is 396 g/mol. The summed E-state index contributed by atoms with van der Waals surface area (Å²) in [4.78, 5) is 14.9. The number of para-hydroxylation sites is 1. The number of carbonyl (C=O) groups excluding carboxylic acids is 1. The molecule has 1 aromatic heterocycles. The average molecular weight is 396 g/mol. The highest BCUT2D eigenvalue weighted by Gasteiger charge is 2.27. The Labute approximate surface area is 169 Å². The number of hydrogen-bond acceptors (Lipinski definition) is 6. The average Bonchev–Trinajstić information content (AvgIpc) is 3.21. The molecule has 2 aromatic carbocycles. The molecule has 0 unspecified atom stereocenters. The van der Waals surface area contributed by atoms with Gasteiger partial charge in [-0.2, -0.15) is 0 Å². The SMILES string of the molecule is COc1cc(C(=O)N2CCC(n3nnc4ccccc43)CC2)cc(OC)c1OC. The first-order valence-electron chi connectivity index (χ1n) is 9.55. The zero-order valence-electron chi connectivity index (χ0n) is 16.8. The lowest BCUT2D eigenvalue weighted by molar-refractivity contribution is 0.0690. The Morgan fingerprint density at radius 1 is 1.00 bits per heavy atom. The van der Waals surface area contributed by atoms with Crippen molar-refractivity contribution in [2.75, 3.05) is 34.4 Å². The highest BCUT2D eigenvalue weighted by atomic mass is 16.5. The van der Waals surface area contributed by atoms with Crippen molar-refractivity contribution in [1.82, 2.24) is 19.9 Å². The van der Waals surface area contributed by atoms with E-state index in [4.69, 9.17) is 14.2 Å². The van der Waals surface area contributed by atoms with Crippen molar-refractivity contribution < 1.29 is 19.0 Å². The number of aromatic nitrogens is 3. The molecule has 1 fully saturated rings. The van der Waals surface area contributed by atoms with Crippen LogP contribution >= 0.6 is 0 Å². The molecule has 0 spiro atoms. The molecule has 1 aliphatic rings. The summed E-state index contributed by atoms with van der Waals surface area (Å²) in [6.07, 6.45) is 1.65. The fourth-order valence-corrected chi connectivity index (χ4v) is 3.86. The van der Waals surface area contributed by atoms with E-state index in [1.165, 1.54) is 0 Å². The molecule has 2 heterocycles. The van der Waals surface area contributed by atoms with Gasteiger partial charge in [0.05, 0.1) is 32.9 Å². The van der Waals surface area contributed by atoms with Gasteiger partial charge in [0.25, 0.3) is 5.91 Å². The van der Waals surface area contributed by atoms with Crippen LogP contribution in [0.15, 0.2) is 36.4 Å². The van der Waals surface area contributed by atoms with Crippen LogP contribution in [0.2, 0.25) is 0 Å². The maximum Gasteiger partial charge on any atom is 0.254 e. The summed E-state index contributed by atoms with van der Waals surface area (Å²) in [5.41, 5.74) is 2.44. The third kappa shape index (κ3) is 3.46. The van der Waals surface area contributed by atoms with Gasteiger partial charge in [-0.15, -0.1) is 5.10 Å². The van der Waals surface area contributed by atoms with Gasteiger partial charge >= 0.3 is 0 Å². The summed E-state index contributed by atoms with van der Waals surface area (Å²) < 4.78 is 18.1. The van der Waals surface area contributed by atoms with Gasteiger partial charge < -0.3 is 19.1 Å². The van der Waals surface area contributed by atoms with E-state index < -0.39 is 0 Å². The number of fused-ring (bicyclic) bond motifs is 1. The Morgan fingerprint density at radius 3 is 2.28 bits per heavy atom. The van der Waals surface area contributed by atoms with Crippen molar-refractivity contribution in [3.05, 3.63) is 42.0 Å². The van der Waals surface area contributed by atoms with E-state index in [0.29, 0.717) is 35.9 Å². The Morgan fingerprint density at radius 2 is 1.66 bits per heavy atom. The van der Waals surface area contributed by atoms with Crippen LogP contribution in [-0.4, -0.2) is 60.2 Å². The minimum Gasteiger partial charge on any atom is -0.493 e. The van der Waals surface area contributed by atoms with Gasteiger partial charge in [-0.05, 0) is 37.1 Å². The lowest BCUT2D eigenvalue weighted by Gasteiger charge is -2.32. The molecule has 0 N–H and O–H groups in total. The summed E-state index contributed by atoms with van der Waals surface area (Å²) in [7, 11) is 4.62. The molecule has 4 rings (SSSR count). The van der Waals surface area contributed by atoms with E-state index in [1.54, 1.807) is 33.5 Å². The van der Waals surface area contributed by atoms with Crippen LogP contribution in [0.4, 0.5) is 0 Å². The Balaban J connectivity index is 1.51. The van der Waals surface area contributed by atoms with Crippen LogP contribution in [0.3, 0.4) is 0 Å². The van der Waals surface area contributed by atoms with Crippen LogP contribution in [0.1, 0.15) is 29.2 Å². The first-order chi connectivity index (χ1) is 14.2. The van der Waals surface area contributed by atoms with E-state index in [1.807, 2.05) is 33.8 Å². The van der Waals surface area contributed by atoms with Crippen LogP contribution in [0.25, 0.3) is 11.0 Å². The summed E-state index contributed by atoms with van der Waals surface area (Å²) in [6, 6.07) is 11.6. The molecular weight excluding hydrogens is 372 g/mol. The summed E-state index contributed by atoms with van der Waals surface area (Å²) >= 11 is 0. The second-order valence-corrected chi connectivity index (χ2v) is 6.96. The summed E-state index contributed by atoms with van der Waals surface area (Å²) in [5, 5.41) is 8.57. The number of amides is 1. The van der Waals surface area contributed by atoms with E-state index in [2.05, 4.69) is 10.3 Å². The number of likely N-dealkylation sites (tertiary alicyclic amines) is 1. The normalized spacial score (nSPS) is 14.8. The number of carbonyl (C=O) groups is 1. The van der Waals surface area contributed by atoms with Gasteiger partial charge in [0.2, 0.25) is 5.75 Å². The first-order valence-corrected chi connectivity index (χ1v) is 9.55. The molecule has 1 amide bonds. The van der Waals surface area contributed by atoms with E-state index >= 15 is 0 Å². The van der Waals surface area contributed by atoms with Crippen molar-refractivity contribution >= 4 is 16.9 Å². The van der Waals surface area contributed by atoms with Crippen LogP contribution in [0, 0.1) is 0 Å². The number of methoxy groups -OCH3 is 3. The van der Waals surface area contributed by atoms with Crippen LogP contribution < -0.4 is 14.2 Å². The van der Waals surface area contributed by atoms with Gasteiger partial charge in [0.1, 0.15) is 5.52 Å². The molecular formula is C21H24N4O4. The summed E-state index contributed by atoms with van der Waals surface area (Å²) in [5.74, 6) is 1.37. The molecule has 0 aliphatic carbocycles. The van der Waals surface area contributed by atoms with Crippen molar-refractivity contribution in [1.29, 1.82) is 0 Å². The molecule has 152 valence electrons. The molecule has 0 saturated carbocycles. The Hall–Kier alpha value is -3.29. The van der Waals surface area contributed by atoms with Gasteiger partial charge in [-0.3, -0.25) is 4.79 Å². The lowest BCUT2D eigenvalue weighted by atomic mass is 10.0. The Kier molecular flexibility index (Phi) is 5.24. The predicted molar refractivity (Wildman–Crippen MR) is 108 cm³/mol. The number of hydrogen-bond donors (Lipinski definition) is 0. The molecule has 1 saturated heterocycles. The quantitative estimate of drug-likeness (QED) is 0.660. The Bertz CT molecular complexity index is 999. The van der Waals surface area contributed by atoms with Gasteiger partial charge in [-0.25, -0.2) is 4.68 Å². The maximum atomic E-state index is 13.1. The largest absolute Gasteiger partial charge is 0.493 e. The smallest absolute Gasteiger partial charge is 0.254 e. The van der Waals surface area contributed by atoms with E-state index in [0.717, 1.165) is 23.9 Å². The zero-order valence-corrected chi connectivity index (χ0v) is 16.8. The molecule has 0 bridgehead atoms. The van der Waals surface area contributed by atoms with Gasteiger partial charge in [0, 0.05) is 18.7 Å². The van der Waals surface area contributed by atoms with Crippen LogP contribution in [0.5, 0.6) is 17.2 Å². The molecule has 1 aliphatic heterocycles. The number of rotatable bonds is 5. The predicted octanol–water partition coefficient (Wildman–Crippen LogP) is 2.93. The molecule has 29 heavy (non-hydrogen) atoms. The van der Waals surface area contributed by atoms with Crippen LogP contribution in [-0.2, 0) is 0 Å². The van der Waals surface area contributed by atoms with E-state index in [-0.39, 0.29) is 11.9 Å². The standard InChI is InChI=1S/C21H24N4O4/c1-27-18-12-14(13-19(28-2)20(18)29-3)21(26)24-10-8-15(9-11-24)25-17-7-5-4-6-16(17)22-23-25/h4-7,12-13,15H,8-11H2,1-3H3. The highest BCUT2D eigenvalue weighted by Crippen LogP contribution is 2.38. The van der Waals surface area contributed by atoms with Gasteiger partial charge in [-0.1, -0.05) is 17.3 Å². The molecule has 3 aromatic rings. The highest BCUT2D eigenvalue weighted by molar-refractivity contribution is 5.95. The molecule has 8 nitrogen and oxygen atoms in total. The number of nitrogens with zero attached hydrogens (tertiary/aromatic N) is 4. The van der Waals surface area contributed by atoms with Crippen molar-refractivity contribution in [3.8, 4) is 17.2 Å². The fraction of sp³-hybridized carbons (Fsp3) is 0.381. The maximum absolute atomic E-state index is 13.1. The van der Waals surface area contributed by atoms with Gasteiger partial charge in [0.15, 0.2) is 11.5 Å². The first kappa shape index (κ1) is 19.0.